The van der Waals surface area contributed by atoms with Crippen molar-refractivity contribution < 1.29 is 0 Å². The van der Waals surface area contributed by atoms with Crippen molar-refractivity contribution >= 4 is 29.2 Å². The molecule has 1 aromatic rings. The average molecular weight is 240 g/mol. The summed E-state index contributed by atoms with van der Waals surface area (Å²) in [6.07, 6.45) is 2.11. The molecule has 0 amide bonds. The van der Waals surface area contributed by atoms with E-state index in [1.807, 2.05) is 11.8 Å². The van der Waals surface area contributed by atoms with Crippen LogP contribution in [0.3, 0.4) is 0 Å². The number of hydrogen-bond donors (Lipinski definition) is 1. The highest BCUT2D eigenvalue weighted by molar-refractivity contribution is 8.00. The molecule has 0 fully saturated rings. The molecule has 2 N–H and O–H groups in total. The Hall–Kier alpha value is -0.320. The first-order valence-corrected chi connectivity index (χ1v) is 7.21. The second-order valence-electron chi connectivity index (χ2n) is 3.65. The molecule has 0 spiro atoms. The van der Waals surface area contributed by atoms with Gasteiger partial charge in [0, 0.05) is 29.1 Å². The predicted octanol–water partition coefficient (Wildman–Crippen LogP) is 2.28. The number of hydrogen-bond acceptors (Lipinski definition) is 4. The Balaban J connectivity index is 2.33. The molecule has 1 aliphatic heterocycles. The van der Waals surface area contributed by atoms with Crippen LogP contribution in [0.1, 0.15) is 0 Å². The van der Waals surface area contributed by atoms with Crippen molar-refractivity contribution in [3.8, 4) is 0 Å². The summed E-state index contributed by atoms with van der Waals surface area (Å²) in [6.45, 7) is 0.729. The van der Waals surface area contributed by atoms with Crippen LogP contribution in [0.2, 0.25) is 0 Å². The zero-order valence-electron chi connectivity index (χ0n) is 9.06. The molecular weight excluding hydrogens is 224 g/mol. The number of benzene rings is 1. The summed E-state index contributed by atoms with van der Waals surface area (Å²) in [7, 11) is 2.13. The molecular formula is C11H16N2S2. The molecule has 0 saturated heterocycles. The SMILES string of the molecule is CSc1ccc2c(c1)SCC(CN)N2C. The summed E-state index contributed by atoms with van der Waals surface area (Å²) >= 11 is 3.71. The smallest absolute Gasteiger partial charge is 0.0505 e. The van der Waals surface area contributed by atoms with Gasteiger partial charge in [0.25, 0.3) is 0 Å². The maximum absolute atomic E-state index is 5.75. The number of nitrogens with two attached hydrogens (primary N) is 1. The molecule has 1 unspecified atom stereocenters. The third-order valence-electron chi connectivity index (χ3n) is 2.80. The van der Waals surface area contributed by atoms with Gasteiger partial charge in [-0.2, -0.15) is 0 Å². The molecule has 0 saturated carbocycles. The highest BCUT2D eigenvalue weighted by atomic mass is 32.2. The topological polar surface area (TPSA) is 29.3 Å². The lowest BCUT2D eigenvalue weighted by Gasteiger charge is -2.35. The number of anilines is 1. The highest BCUT2D eigenvalue weighted by Crippen LogP contribution is 2.38. The van der Waals surface area contributed by atoms with Crippen LogP contribution in [-0.2, 0) is 0 Å². The number of likely N-dealkylation sites (N-methyl/N-ethyl adjacent to an activating group) is 1. The molecule has 0 aromatic heterocycles. The lowest BCUT2D eigenvalue weighted by molar-refractivity contribution is 0.691. The van der Waals surface area contributed by atoms with Gasteiger partial charge >= 0.3 is 0 Å². The Labute approximate surface area is 99.6 Å². The van der Waals surface area contributed by atoms with Crippen LogP contribution in [0.15, 0.2) is 28.0 Å². The first-order chi connectivity index (χ1) is 7.26. The first-order valence-electron chi connectivity index (χ1n) is 5.00. The summed E-state index contributed by atoms with van der Waals surface area (Å²) in [5, 5.41) is 0. The second-order valence-corrected chi connectivity index (χ2v) is 5.59. The van der Waals surface area contributed by atoms with Crippen molar-refractivity contribution in [3.05, 3.63) is 18.2 Å². The van der Waals surface area contributed by atoms with Crippen molar-refractivity contribution in [1.29, 1.82) is 0 Å². The molecule has 2 rings (SSSR count). The van der Waals surface area contributed by atoms with Crippen molar-refractivity contribution in [2.45, 2.75) is 15.8 Å². The lowest BCUT2D eigenvalue weighted by atomic mass is 10.2. The van der Waals surface area contributed by atoms with Crippen LogP contribution in [0.4, 0.5) is 5.69 Å². The molecule has 4 heteroatoms. The minimum absolute atomic E-state index is 0.475. The minimum Gasteiger partial charge on any atom is -0.369 e. The van der Waals surface area contributed by atoms with E-state index in [4.69, 9.17) is 5.73 Å². The fraction of sp³-hybridized carbons (Fsp3) is 0.455. The molecule has 1 aliphatic rings. The van der Waals surface area contributed by atoms with Crippen LogP contribution in [0, 0.1) is 0 Å². The Kier molecular flexibility index (Phi) is 3.49. The van der Waals surface area contributed by atoms with E-state index in [2.05, 4.69) is 36.4 Å². The molecule has 15 heavy (non-hydrogen) atoms. The Morgan fingerprint density at radius 2 is 2.40 bits per heavy atom. The fourth-order valence-corrected chi connectivity index (χ4v) is 3.57. The third-order valence-corrected chi connectivity index (χ3v) is 4.71. The zero-order valence-corrected chi connectivity index (χ0v) is 10.7. The van der Waals surface area contributed by atoms with Gasteiger partial charge in [0.1, 0.15) is 0 Å². The van der Waals surface area contributed by atoms with Crippen LogP contribution < -0.4 is 10.6 Å². The van der Waals surface area contributed by atoms with E-state index in [0.717, 1.165) is 12.3 Å². The van der Waals surface area contributed by atoms with Gasteiger partial charge in [0.15, 0.2) is 0 Å². The standard InChI is InChI=1S/C11H16N2S2/c1-13-8(6-12)7-15-11-5-9(14-2)3-4-10(11)13/h3-5,8H,6-7,12H2,1-2H3. The molecule has 0 radical (unpaired) electrons. The molecule has 0 aliphatic carbocycles. The monoisotopic (exact) mass is 240 g/mol. The maximum Gasteiger partial charge on any atom is 0.0505 e. The van der Waals surface area contributed by atoms with E-state index in [1.54, 1.807) is 11.8 Å². The maximum atomic E-state index is 5.75. The van der Waals surface area contributed by atoms with Crippen LogP contribution in [-0.4, -0.2) is 31.6 Å². The Morgan fingerprint density at radius 3 is 3.07 bits per heavy atom. The lowest BCUT2D eigenvalue weighted by Crippen LogP contribution is -2.42. The van der Waals surface area contributed by atoms with E-state index in [0.29, 0.717) is 6.04 Å². The van der Waals surface area contributed by atoms with Crippen LogP contribution >= 0.6 is 23.5 Å². The molecule has 0 bridgehead atoms. The predicted molar refractivity (Wildman–Crippen MR) is 70.2 cm³/mol. The van der Waals surface area contributed by atoms with Gasteiger partial charge in [0.05, 0.1) is 11.7 Å². The van der Waals surface area contributed by atoms with Crippen molar-refractivity contribution in [3.63, 3.8) is 0 Å². The molecule has 2 nitrogen and oxygen atoms in total. The molecule has 1 atom stereocenters. The number of rotatable bonds is 2. The molecule has 82 valence electrons. The second kappa shape index (κ2) is 4.68. The highest BCUT2D eigenvalue weighted by Gasteiger charge is 2.22. The van der Waals surface area contributed by atoms with Crippen LogP contribution in [0.5, 0.6) is 0 Å². The van der Waals surface area contributed by atoms with Gasteiger partial charge in [0.2, 0.25) is 0 Å². The van der Waals surface area contributed by atoms with Gasteiger partial charge in [-0.05, 0) is 24.5 Å². The van der Waals surface area contributed by atoms with E-state index >= 15 is 0 Å². The van der Waals surface area contributed by atoms with Crippen LogP contribution in [0.25, 0.3) is 0 Å². The number of fused-ring (bicyclic) bond motifs is 1. The summed E-state index contributed by atoms with van der Waals surface area (Å²) < 4.78 is 0. The first kappa shape index (κ1) is 11.2. The Morgan fingerprint density at radius 1 is 1.60 bits per heavy atom. The summed E-state index contributed by atoms with van der Waals surface area (Å²) in [5.41, 5.74) is 7.07. The minimum atomic E-state index is 0.475. The van der Waals surface area contributed by atoms with E-state index in [9.17, 15) is 0 Å². The number of thioether (sulfide) groups is 2. The third kappa shape index (κ3) is 2.12. The summed E-state index contributed by atoms with van der Waals surface area (Å²) in [4.78, 5) is 5.02. The van der Waals surface area contributed by atoms with E-state index in [-0.39, 0.29) is 0 Å². The Bertz CT molecular complexity index is 354. The molecule has 1 aromatic carbocycles. The van der Waals surface area contributed by atoms with Gasteiger partial charge in [-0.3, -0.25) is 0 Å². The summed E-state index contributed by atoms with van der Waals surface area (Å²) in [5.74, 6) is 1.10. The van der Waals surface area contributed by atoms with Gasteiger partial charge in [-0.15, -0.1) is 23.5 Å². The zero-order chi connectivity index (χ0) is 10.8. The van der Waals surface area contributed by atoms with Gasteiger partial charge < -0.3 is 10.6 Å². The number of nitrogens with zero attached hydrogens (tertiary/aromatic N) is 1. The van der Waals surface area contributed by atoms with Crippen molar-refractivity contribution in [2.75, 3.05) is 30.5 Å². The van der Waals surface area contributed by atoms with Crippen molar-refractivity contribution in [1.82, 2.24) is 0 Å². The fourth-order valence-electron chi connectivity index (χ4n) is 1.75. The molecule has 1 heterocycles. The van der Waals surface area contributed by atoms with E-state index in [1.165, 1.54) is 15.5 Å². The average Bonchev–Trinajstić information content (AvgIpc) is 2.29. The quantitative estimate of drug-likeness (QED) is 0.803. The van der Waals surface area contributed by atoms with Gasteiger partial charge in [-0.25, -0.2) is 0 Å². The van der Waals surface area contributed by atoms with E-state index < -0.39 is 0 Å². The largest absolute Gasteiger partial charge is 0.369 e. The van der Waals surface area contributed by atoms with Gasteiger partial charge in [-0.1, -0.05) is 0 Å². The van der Waals surface area contributed by atoms with Crippen molar-refractivity contribution in [2.24, 2.45) is 5.73 Å². The summed E-state index contributed by atoms with van der Waals surface area (Å²) in [6, 6.07) is 7.13. The normalized spacial score (nSPS) is 20.2.